The van der Waals surface area contributed by atoms with Gasteiger partial charge < -0.3 is 15.0 Å². The molecule has 1 aliphatic heterocycles. The first-order valence-corrected chi connectivity index (χ1v) is 11.0. The number of halogens is 1. The quantitative estimate of drug-likeness (QED) is 0.600. The summed E-state index contributed by atoms with van der Waals surface area (Å²) >= 11 is 8.72. The van der Waals surface area contributed by atoms with Gasteiger partial charge in [0.1, 0.15) is 5.75 Å². The molecule has 3 rings (SSSR count). The van der Waals surface area contributed by atoms with Crippen LogP contribution in [0.3, 0.4) is 0 Å². The predicted octanol–water partition coefficient (Wildman–Crippen LogP) is 4.60. The van der Waals surface area contributed by atoms with Gasteiger partial charge in [-0.05, 0) is 69.2 Å². The SMILES string of the molecule is CC(C)Oc1ccc(Br)cc1C(=O)NC(=S)Nc1ccccc1C(=O)N1CCCC1. The standard InChI is InChI=1S/C22H24BrN3O3S/c1-14(2)29-19-10-9-15(23)13-17(19)20(27)25-22(30)24-18-8-4-3-7-16(18)21(28)26-11-5-6-12-26/h3-4,7-10,13-14H,5-6,11-12H2,1-2H3,(H2,24,25,27,30). The Morgan fingerprint density at radius 1 is 1.10 bits per heavy atom. The number of thiocarbonyl (C=S) groups is 1. The van der Waals surface area contributed by atoms with Crippen molar-refractivity contribution < 1.29 is 14.3 Å². The molecule has 2 N–H and O–H groups in total. The van der Waals surface area contributed by atoms with Gasteiger partial charge in [-0.3, -0.25) is 14.9 Å². The average molecular weight is 490 g/mol. The molecule has 8 heteroatoms. The molecular formula is C22H24BrN3O3S. The molecular weight excluding hydrogens is 466 g/mol. The Morgan fingerprint density at radius 2 is 1.80 bits per heavy atom. The van der Waals surface area contributed by atoms with Gasteiger partial charge in [-0.1, -0.05) is 28.1 Å². The molecule has 0 unspecified atom stereocenters. The molecule has 1 aliphatic rings. The van der Waals surface area contributed by atoms with Crippen LogP contribution in [0.15, 0.2) is 46.9 Å². The van der Waals surface area contributed by atoms with Crippen molar-refractivity contribution in [1.82, 2.24) is 10.2 Å². The van der Waals surface area contributed by atoms with Crippen LogP contribution < -0.4 is 15.4 Å². The molecule has 158 valence electrons. The minimum atomic E-state index is -0.396. The Bertz CT molecular complexity index is 958. The smallest absolute Gasteiger partial charge is 0.261 e. The van der Waals surface area contributed by atoms with Gasteiger partial charge >= 0.3 is 0 Å². The third kappa shape index (κ3) is 5.58. The van der Waals surface area contributed by atoms with E-state index in [1.807, 2.05) is 36.9 Å². The van der Waals surface area contributed by atoms with Crippen molar-refractivity contribution in [2.24, 2.45) is 0 Å². The molecule has 0 bridgehead atoms. The van der Waals surface area contributed by atoms with Crippen LogP contribution in [0.25, 0.3) is 0 Å². The van der Waals surface area contributed by atoms with Crippen molar-refractivity contribution in [3.05, 3.63) is 58.1 Å². The topological polar surface area (TPSA) is 70.7 Å². The fourth-order valence-corrected chi connectivity index (χ4v) is 3.79. The predicted molar refractivity (Wildman–Crippen MR) is 125 cm³/mol. The van der Waals surface area contributed by atoms with E-state index in [2.05, 4.69) is 26.6 Å². The van der Waals surface area contributed by atoms with Crippen LogP contribution >= 0.6 is 28.1 Å². The Hall–Kier alpha value is -2.45. The molecule has 0 aromatic heterocycles. The summed E-state index contributed by atoms with van der Waals surface area (Å²) in [7, 11) is 0. The molecule has 1 fully saturated rings. The van der Waals surface area contributed by atoms with Crippen LogP contribution in [0, 0.1) is 0 Å². The van der Waals surface area contributed by atoms with E-state index >= 15 is 0 Å². The van der Waals surface area contributed by atoms with Gasteiger partial charge in [0, 0.05) is 17.6 Å². The van der Waals surface area contributed by atoms with Crippen LogP contribution in [-0.2, 0) is 0 Å². The number of likely N-dealkylation sites (tertiary alicyclic amines) is 1. The summed E-state index contributed by atoms with van der Waals surface area (Å²) < 4.78 is 6.49. The minimum Gasteiger partial charge on any atom is -0.490 e. The van der Waals surface area contributed by atoms with E-state index in [1.165, 1.54) is 0 Å². The van der Waals surface area contributed by atoms with Gasteiger partial charge in [0.2, 0.25) is 0 Å². The van der Waals surface area contributed by atoms with E-state index in [1.54, 1.807) is 24.3 Å². The highest BCUT2D eigenvalue weighted by molar-refractivity contribution is 9.10. The van der Waals surface area contributed by atoms with Crippen molar-refractivity contribution in [3.63, 3.8) is 0 Å². The Kier molecular flexibility index (Phi) is 7.44. The van der Waals surface area contributed by atoms with E-state index in [0.717, 1.165) is 30.4 Å². The minimum absolute atomic E-state index is 0.0377. The van der Waals surface area contributed by atoms with Crippen LogP contribution in [0.5, 0.6) is 5.75 Å². The molecule has 1 heterocycles. The summed E-state index contributed by atoms with van der Waals surface area (Å²) in [5.41, 5.74) is 1.46. The van der Waals surface area contributed by atoms with Crippen molar-refractivity contribution >= 4 is 50.8 Å². The maximum Gasteiger partial charge on any atom is 0.261 e. The number of ether oxygens (including phenoxy) is 1. The second kappa shape index (κ2) is 10.0. The highest BCUT2D eigenvalue weighted by Crippen LogP contribution is 2.25. The first-order valence-electron chi connectivity index (χ1n) is 9.82. The van der Waals surface area contributed by atoms with Gasteiger partial charge in [0.15, 0.2) is 5.11 Å². The van der Waals surface area contributed by atoms with E-state index in [9.17, 15) is 9.59 Å². The zero-order chi connectivity index (χ0) is 21.7. The Morgan fingerprint density at radius 3 is 2.50 bits per heavy atom. The van der Waals surface area contributed by atoms with E-state index in [-0.39, 0.29) is 17.1 Å². The van der Waals surface area contributed by atoms with E-state index < -0.39 is 5.91 Å². The largest absolute Gasteiger partial charge is 0.490 e. The summed E-state index contributed by atoms with van der Waals surface area (Å²) in [6.07, 6.45) is 1.96. The molecule has 0 aliphatic carbocycles. The molecule has 1 saturated heterocycles. The van der Waals surface area contributed by atoms with Crippen LogP contribution in [0.4, 0.5) is 5.69 Å². The number of nitrogens with one attached hydrogen (secondary N) is 2. The summed E-state index contributed by atoms with van der Waals surface area (Å²) in [5, 5.41) is 5.78. The fourth-order valence-electron chi connectivity index (χ4n) is 3.23. The van der Waals surface area contributed by atoms with Crippen LogP contribution in [0.2, 0.25) is 0 Å². The maximum absolute atomic E-state index is 12.8. The lowest BCUT2D eigenvalue weighted by molar-refractivity contribution is 0.0793. The zero-order valence-electron chi connectivity index (χ0n) is 16.9. The Balaban J connectivity index is 1.73. The highest BCUT2D eigenvalue weighted by atomic mass is 79.9. The van der Waals surface area contributed by atoms with E-state index in [4.69, 9.17) is 17.0 Å². The van der Waals surface area contributed by atoms with Crippen molar-refractivity contribution in [3.8, 4) is 5.75 Å². The molecule has 0 saturated carbocycles. The van der Waals surface area contributed by atoms with Crippen molar-refractivity contribution in [2.75, 3.05) is 18.4 Å². The fraction of sp³-hybridized carbons (Fsp3) is 0.318. The van der Waals surface area contributed by atoms with Crippen molar-refractivity contribution in [2.45, 2.75) is 32.8 Å². The van der Waals surface area contributed by atoms with Gasteiger partial charge in [-0.15, -0.1) is 0 Å². The molecule has 0 radical (unpaired) electrons. The molecule has 0 spiro atoms. The molecule has 2 amide bonds. The second-order valence-corrected chi connectivity index (χ2v) is 8.58. The first-order chi connectivity index (χ1) is 14.3. The van der Waals surface area contributed by atoms with Gasteiger partial charge in [-0.25, -0.2) is 0 Å². The summed E-state index contributed by atoms with van der Waals surface area (Å²) in [6.45, 7) is 5.31. The number of benzene rings is 2. The van der Waals surface area contributed by atoms with Crippen LogP contribution in [-0.4, -0.2) is 41.0 Å². The first kappa shape index (κ1) is 22.2. The summed E-state index contributed by atoms with van der Waals surface area (Å²) in [5.74, 6) is 0.0373. The molecule has 30 heavy (non-hydrogen) atoms. The summed E-state index contributed by atoms with van der Waals surface area (Å²) in [4.78, 5) is 27.5. The average Bonchev–Trinajstić information content (AvgIpc) is 3.23. The molecule has 0 atom stereocenters. The van der Waals surface area contributed by atoms with Crippen LogP contribution in [0.1, 0.15) is 47.4 Å². The van der Waals surface area contributed by atoms with Crippen molar-refractivity contribution in [1.29, 1.82) is 0 Å². The molecule has 2 aromatic carbocycles. The van der Waals surface area contributed by atoms with Gasteiger partial charge in [-0.2, -0.15) is 0 Å². The highest BCUT2D eigenvalue weighted by Gasteiger charge is 2.22. The number of anilines is 1. The van der Waals surface area contributed by atoms with E-state index in [0.29, 0.717) is 22.6 Å². The lowest BCUT2D eigenvalue weighted by Gasteiger charge is -2.19. The third-order valence-corrected chi connectivity index (χ3v) is 5.27. The number of nitrogens with zero attached hydrogens (tertiary/aromatic N) is 1. The number of carbonyl (C=O) groups excluding carboxylic acids is 2. The molecule has 2 aromatic rings. The second-order valence-electron chi connectivity index (χ2n) is 7.26. The normalized spacial score (nSPS) is 13.3. The Labute approximate surface area is 190 Å². The zero-order valence-corrected chi connectivity index (χ0v) is 19.3. The molecule has 6 nitrogen and oxygen atoms in total. The number of rotatable bonds is 5. The number of carbonyl (C=O) groups is 2. The monoisotopic (exact) mass is 489 g/mol. The van der Waals surface area contributed by atoms with Gasteiger partial charge in [0.05, 0.1) is 22.9 Å². The number of para-hydroxylation sites is 1. The number of hydrogen-bond donors (Lipinski definition) is 2. The van der Waals surface area contributed by atoms with Gasteiger partial charge in [0.25, 0.3) is 11.8 Å². The summed E-state index contributed by atoms with van der Waals surface area (Å²) in [6, 6.07) is 12.4. The maximum atomic E-state index is 12.8. The number of amides is 2. The third-order valence-electron chi connectivity index (χ3n) is 4.57. The number of hydrogen-bond acceptors (Lipinski definition) is 4. The lowest BCUT2D eigenvalue weighted by atomic mass is 10.1. The lowest BCUT2D eigenvalue weighted by Crippen LogP contribution is -2.35.